The van der Waals surface area contributed by atoms with Gasteiger partial charge in [0.05, 0.1) is 19.2 Å². The molecule has 0 aliphatic carbocycles. The number of nitrogens with zero attached hydrogens (tertiary/aromatic N) is 3. The van der Waals surface area contributed by atoms with Gasteiger partial charge < -0.3 is 20.7 Å². The highest BCUT2D eigenvalue weighted by atomic mass is 16.5. The average molecular weight is 394 g/mol. The molecule has 29 heavy (non-hydrogen) atoms. The Morgan fingerprint density at radius 2 is 1.83 bits per heavy atom. The van der Waals surface area contributed by atoms with Crippen LogP contribution in [-0.4, -0.2) is 56.2 Å². The fourth-order valence-electron chi connectivity index (χ4n) is 4.12. The Bertz CT molecular complexity index is 817. The number of guanidine groups is 1. The van der Waals surface area contributed by atoms with Crippen molar-refractivity contribution < 1.29 is 4.74 Å². The van der Waals surface area contributed by atoms with Gasteiger partial charge in [0.2, 0.25) is 0 Å². The van der Waals surface area contributed by atoms with Crippen LogP contribution in [0.5, 0.6) is 5.75 Å². The van der Waals surface area contributed by atoms with E-state index in [1.165, 1.54) is 5.69 Å². The Balaban J connectivity index is 1.27. The van der Waals surface area contributed by atoms with E-state index in [-0.39, 0.29) is 6.04 Å². The Labute approximate surface area is 173 Å². The Hall–Kier alpha value is -2.73. The number of nitrogens with two attached hydrogens (primary N) is 1. The van der Waals surface area contributed by atoms with Gasteiger partial charge in [-0.2, -0.15) is 0 Å². The molecule has 0 spiro atoms. The van der Waals surface area contributed by atoms with E-state index in [2.05, 4.69) is 63.4 Å². The molecule has 0 bridgehead atoms. The Morgan fingerprint density at radius 1 is 1.10 bits per heavy atom. The molecule has 2 atom stereocenters. The number of aliphatic imine (C=N–C) groups is 1. The molecule has 4 rings (SSSR count). The van der Waals surface area contributed by atoms with Crippen LogP contribution in [0.4, 0.5) is 5.69 Å². The van der Waals surface area contributed by atoms with Gasteiger partial charge in [0, 0.05) is 49.9 Å². The maximum absolute atomic E-state index is 6.21. The van der Waals surface area contributed by atoms with Crippen LogP contribution in [0.3, 0.4) is 0 Å². The highest BCUT2D eigenvalue weighted by Gasteiger charge is 2.23. The number of fused-ring (bicyclic) bond motifs is 1. The highest BCUT2D eigenvalue weighted by Crippen LogP contribution is 2.31. The van der Waals surface area contributed by atoms with Crippen molar-refractivity contribution in [1.82, 2.24) is 10.2 Å². The molecule has 0 amide bonds. The van der Waals surface area contributed by atoms with Crippen molar-refractivity contribution in [3.05, 3.63) is 60.2 Å². The molecule has 1 fully saturated rings. The summed E-state index contributed by atoms with van der Waals surface area (Å²) in [6.07, 6.45) is 0.893. The van der Waals surface area contributed by atoms with Crippen LogP contribution >= 0.6 is 0 Å². The SMILES string of the molecule is CC(CN=C(N)NC1CCOc2ccccc21)N1CCN(c2ccccc2)CC1. The van der Waals surface area contributed by atoms with E-state index < -0.39 is 0 Å². The smallest absolute Gasteiger partial charge is 0.189 e. The van der Waals surface area contributed by atoms with Crippen LogP contribution in [0.25, 0.3) is 0 Å². The first kappa shape index (κ1) is 19.6. The van der Waals surface area contributed by atoms with E-state index in [4.69, 9.17) is 10.5 Å². The Kier molecular flexibility index (Phi) is 6.20. The Morgan fingerprint density at radius 3 is 2.62 bits per heavy atom. The molecule has 0 aromatic heterocycles. The number of rotatable bonds is 5. The maximum Gasteiger partial charge on any atom is 0.189 e. The van der Waals surface area contributed by atoms with Gasteiger partial charge in [-0.3, -0.25) is 9.89 Å². The summed E-state index contributed by atoms with van der Waals surface area (Å²) in [4.78, 5) is 9.58. The van der Waals surface area contributed by atoms with Crippen LogP contribution in [0.1, 0.15) is 24.9 Å². The summed E-state index contributed by atoms with van der Waals surface area (Å²) in [6.45, 7) is 7.83. The second kappa shape index (κ2) is 9.18. The standard InChI is InChI=1S/C23H31N5O/c1-18(27-12-14-28(15-13-27)19-7-3-2-4-8-19)17-25-23(24)26-21-11-16-29-22-10-6-5-9-20(21)22/h2-10,18,21H,11-17H2,1H3,(H3,24,25,26). The minimum absolute atomic E-state index is 0.161. The predicted octanol–water partition coefficient (Wildman–Crippen LogP) is 2.63. The minimum atomic E-state index is 0.161. The molecule has 6 nitrogen and oxygen atoms in total. The summed E-state index contributed by atoms with van der Waals surface area (Å²) in [7, 11) is 0. The second-order valence-corrected chi connectivity index (χ2v) is 7.81. The summed E-state index contributed by atoms with van der Waals surface area (Å²) in [5.41, 5.74) is 8.67. The van der Waals surface area contributed by atoms with Crippen molar-refractivity contribution in [3.8, 4) is 5.75 Å². The number of benzene rings is 2. The largest absolute Gasteiger partial charge is 0.493 e. The summed E-state index contributed by atoms with van der Waals surface area (Å²) >= 11 is 0. The van der Waals surface area contributed by atoms with Crippen molar-refractivity contribution in [2.45, 2.75) is 25.4 Å². The average Bonchev–Trinajstić information content (AvgIpc) is 2.78. The van der Waals surface area contributed by atoms with Crippen LogP contribution < -0.4 is 20.7 Å². The number of hydrogen-bond donors (Lipinski definition) is 2. The lowest BCUT2D eigenvalue weighted by Crippen LogP contribution is -2.50. The molecule has 0 radical (unpaired) electrons. The summed E-state index contributed by atoms with van der Waals surface area (Å²) in [6, 6.07) is 19.3. The first-order valence-electron chi connectivity index (χ1n) is 10.5. The third kappa shape index (κ3) is 4.82. The van der Waals surface area contributed by atoms with Crippen molar-refractivity contribution in [3.63, 3.8) is 0 Å². The minimum Gasteiger partial charge on any atom is -0.493 e. The monoisotopic (exact) mass is 393 g/mol. The molecule has 6 heteroatoms. The van der Waals surface area contributed by atoms with Crippen molar-refractivity contribution in [2.75, 3.05) is 44.2 Å². The van der Waals surface area contributed by atoms with Crippen molar-refractivity contribution in [1.29, 1.82) is 0 Å². The molecule has 2 aliphatic rings. The number of para-hydroxylation sites is 2. The summed E-state index contributed by atoms with van der Waals surface area (Å²) in [5.74, 6) is 1.45. The molecule has 154 valence electrons. The molecule has 2 heterocycles. The number of piperazine rings is 1. The third-order valence-electron chi connectivity index (χ3n) is 5.87. The summed E-state index contributed by atoms with van der Waals surface area (Å²) in [5, 5.41) is 3.38. The van der Waals surface area contributed by atoms with Gasteiger partial charge in [-0.1, -0.05) is 36.4 Å². The lowest BCUT2D eigenvalue weighted by molar-refractivity contribution is 0.201. The van der Waals surface area contributed by atoms with Crippen LogP contribution in [-0.2, 0) is 0 Å². The fraction of sp³-hybridized carbons (Fsp3) is 0.435. The van der Waals surface area contributed by atoms with E-state index in [0.29, 0.717) is 25.2 Å². The molecule has 1 saturated heterocycles. The molecule has 2 unspecified atom stereocenters. The number of ether oxygens (including phenoxy) is 1. The fourth-order valence-corrected chi connectivity index (χ4v) is 4.12. The zero-order valence-corrected chi connectivity index (χ0v) is 17.1. The van der Waals surface area contributed by atoms with Gasteiger partial charge in [-0.15, -0.1) is 0 Å². The van der Waals surface area contributed by atoms with Gasteiger partial charge >= 0.3 is 0 Å². The maximum atomic E-state index is 6.21. The van der Waals surface area contributed by atoms with E-state index >= 15 is 0 Å². The summed E-state index contributed by atoms with van der Waals surface area (Å²) < 4.78 is 5.72. The quantitative estimate of drug-likeness (QED) is 0.604. The van der Waals surface area contributed by atoms with E-state index in [1.807, 2.05) is 18.2 Å². The van der Waals surface area contributed by atoms with Crippen molar-refractivity contribution >= 4 is 11.6 Å². The number of nitrogens with one attached hydrogen (secondary N) is 1. The van der Waals surface area contributed by atoms with Crippen LogP contribution in [0.2, 0.25) is 0 Å². The molecular weight excluding hydrogens is 362 g/mol. The van der Waals surface area contributed by atoms with Gasteiger partial charge in [0.1, 0.15) is 5.75 Å². The highest BCUT2D eigenvalue weighted by molar-refractivity contribution is 5.78. The topological polar surface area (TPSA) is 66.1 Å². The lowest BCUT2D eigenvalue weighted by Gasteiger charge is -2.38. The van der Waals surface area contributed by atoms with E-state index in [1.54, 1.807) is 0 Å². The van der Waals surface area contributed by atoms with Crippen LogP contribution in [0, 0.1) is 0 Å². The predicted molar refractivity (Wildman–Crippen MR) is 119 cm³/mol. The molecule has 2 aliphatic heterocycles. The number of anilines is 1. The van der Waals surface area contributed by atoms with Gasteiger partial charge in [-0.05, 0) is 25.1 Å². The zero-order chi connectivity index (χ0) is 20.1. The van der Waals surface area contributed by atoms with Crippen LogP contribution in [0.15, 0.2) is 59.6 Å². The number of hydrogen-bond acceptors (Lipinski definition) is 4. The first-order chi connectivity index (χ1) is 14.2. The zero-order valence-electron chi connectivity index (χ0n) is 17.1. The molecular formula is C23H31N5O. The molecule has 3 N–H and O–H groups in total. The van der Waals surface area contributed by atoms with E-state index in [0.717, 1.165) is 43.9 Å². The van der Waals surface area contributed by atoms with E-state index in [9.17, 15) is 0 Å². The van der Waals surface area contributed by atoms with Gasteiger partial charge in [0.15, 0.2) is 5.96 Å². The van der Waals surface area contributed by atoms with Crippen molar-refractivity contribution in [2.24, 2.45) is 10.7 Å². The second-order valence-electron chi connectivity index (χ2n) is 7.81. The lowest BCUT2D eigenvalue weighted by atomic mass is 10.0. The molecule has 2 aromatic rings. The van der Waals surface area contributed by atoms with Gasteiger partial charge in [-0.25, -0.2) is 0 Å². The van der Waals surface area contributed by atoms with Gasteiger partial charge in [0.25, 0.3) is 0 Å². The molecule has 0 saturated carbocycles. The normalized spacial score (nSPS) is 21.2. The molecule has 2 aromatic carbocycles. The third-order valence-corrected chi connectivity index (χ3v) is 5.87. The first-order valence-corrected chi connectivity index (χ1v) is 10.5.